The van der Waals surface area contributed by atoms with Gasteiger partial charge < -0.3 is 10.4 Å². The second kappa shape index (κ2) is 8.50. The number of carboxylic acids is 1. The lowest BCUT2D eigenvalue weighted by molar-refractivity contribution is -0.126. The van der Waals surface area contributed by atoms with E-state index in [-0.39, 0.29) is 29.9 Å². The summed E-state index contributed by atoms with van der Waals surface area (Å²) in [5.41, 5.74) is 3.33. The largest absolute Gasteiger partial charge is 0.478 e. The number of hydrogen-bond donors (Lipinski definition) is 2. The molecule has 2 N–H and O–H groups in total. The van der Waals surface area contributed by atoms with Crippen LogP contribution in [0.1, 0.15) is 47.5 Å². The van der Waals surface area contributed by atoms with Crippen LogP contribution in [0.4, 0.5) is 0 Å². The van der Waals surface area contributed by atoms with Gasteiger partial charge in [-0.1, -0.05) is 49.2 Å². The van der Waals surface area contributed by atoms with Crippen molar-refractivity contribution in [2.24, 2.45) is 5.92 Å². The molecule has 2 unspecified atom stereocenters. The van der Waals surface area contributed by atoms with Crippen LogP contribution in [0.3, 0.4) is 0 Å². The Kier molecular flexibility index (Phi) is 5.87. The fourth-order valence-corrected chi connectivity index (χ4v) is 3.95. The predicted molar refractivity (Wildman–Crippen MR) is 102 cm³/mol. The van der Waals surface area contributed by atoms with Gasteiger partial charge in [0.25, 0.3) is 0 Å². The Bertz CT molecular complexity index is 868. The number of carbonyl (C=O) groups excluding carboxylic acids is 1. The molecule has 0 aromatic heterocycles. The van der Waals surface area contributed by atoms with Gasteiger partial charge in [-0.3, -0.25) is 4.79 Å². The van der Waals surface area contributed by atoms with Gasteiger partial charge in [-0.25, -0.2) is 4.79 Å². The Morgan fingerprint density at radius 1 is 1.07 bits per heavy atom. The van der Waals surface area contributed by atoms with Gasteiger partial charge in [0.05, 0.1) is 11.6 Å². The van der Waals surface area contributed by atoms with Crippen molar-refractivity contribution < 1.29 is 14.7 Å². The summed E-state index contributed by atoms with van der Waals surface area (Å²) in [7, 11) is 0. The van der Waals surface area contributed by atoms with Crippen LogP contribution in [0.15, 0.2) is 48.5 Å². The van der Waals surface area contributed by atoms with Crippen LogP contribution < -0.4 is 5.32 Å². The molecule has 2 aromatic carbocycles. The van der Waals surface area contributed by atoms with E-state index in [0.717, 1.165) is 42.4 Å². The molecular formula is C22H22N2O3. The highest BCUT2D eigenvalue weighted by Gasteiger charge is 2.33. The van der Waals surface area contributed by atoms with Gasteiger partial charge in [0.15, 0.2) is 0 Å². The minimum absolute atomic E-state index is 0.0281. The number of benzene rings is 2. The van der Waals surface area contributed by atoms with E-state index in [9.17, 15) is 9.59 Å². The highest BCUT2D eigenvalue weighted by molar-refractivity contribution is 5.88. The van der Waals surface area contributed by atoms with Crippen LogP contribution in [0, 0.1) is 17.2 Å². The number of carboxylic acid groups (broad SMARTS) is 1. The van der Waals surface area contributed by atoms with Crippen molar-refractivity contribution in [2.45, 2.75) is 31.6 Å². The number of hydrogen-bond acceptors (Lipinski definition) is 3. The standard InChI is InChI=1S/C22H22N2O3/c23-13-14-24-21(25)20-8-4-3-7-19(20)18-6-2-1-5-17(18)15-9-11-16(12-10-15)22(26)27/h1-2,5-6,9-12,19-20H,3-4,7-8,14H2,(H,24,25)(H,26,27). The average molecular weight is 362 g/mol. The van der Waals surface area contributed by atoms with Gasteiger partial charge in [0.1, 0.15) is 6.54 Å². The molecule has 1 saturated carbocycles. The maximum Gasteiger partial charge on any atom is 0.335 e. The number of nitrogens with one attached hydrogen (secondary N) is 1. The summed E-state index contributed by atoms with van der Waals surface area (Å²) in [6.07, 6.45) is 3.82. The van der Waals surface area contributed by atoms with Crippen molar-refractivity contribution in [1.29, 1.82) is 5.26 Å². The highest BCUT2D eigenvalue weighted by atomic mass is 16.4. The minimum atomic E-state index is -0.948. The third-order valence-corrected chi connectivity index (χ3v) is 5.25. The van der Waals surface area contributed by atoms with Crippen molar-refractivity contribution >= 4 is 11.9 Å². The molecule has 1 aliphatic rings. The molecule has 138 valence electrons. The second-order valence-electron chi connectivity index (χ2n) is 6.84. The van der Waals surface area contributed by atoms with Crippen molar-refractivity contribution in [3.63, 3.8) is 0 Å². The van der Waals surface area contributed by atoms with E-state index in [2.05, 4.69) is 11.4 Å². The van der Waals surface area contributed by atoms with Gasteiger partial charge in [0, 0.05) is 5.92 Å². The molecular weight excluding hydrogens is 340 g/mol. The van der Waals surface area contributed by atoms with E-state index in [1.165, 1.54) is 0 Å². The smallest absolute Gasteiger partial charge is 0.335 e. The normalized spacial score (nSPS) is 19.1. The molecule has 1 fully saturated rings. The molecule has 0 saturated heterocycles. The van der Waals surface area contributed by atoms with Gasteiger partial charge in [-0.15, -0.1) is 0 Å². The lowest BCUT2D eigenvalue weighted by atomic mass is 9.73. The first-order valence-corrected chi connectivity index (χ1v) is 9.19. The summed E-state index contributed by atoms with van der Waals surface area (Å²) in [6, 6.07) is 16.8. The van der Waals surface area contributed by atoms with E-state index in [1.807, 2.05) is 36.4 Å². The van der Waals surface area contributed by atoms with Crippen LogP contribution in [0.2, 0.25) is 0 Å². The maximum absolute atomic E-state index is 12.6. The zero-order chi connectivity index (χ0) is 19.2. The molecule has 5 nitrogen and oxygen atoms in total. The van der Waals surface area contributed by atoms with E-state index in [0.29, 0.717) is 0 Å². The Labute approximate surface area is 158 Å². The third-order valence-electron chi connectivity index (χ3n) is 5.25. The topological polar surface area (TPSA) is 90.2 Å². The van der Waals surface area contributed by atoms with Gasteiger partial charge >= 0.3 is 5.97 Å². The lowest BCUT2D eigenvalue weighted by Crippen LogP contribution is -2.36. The van der Waals surface area contributed by atoms with E-state index in [4.69, 9.17) is 10.4 Å². The van der Waals surface area contributed by atoms with Crippen molar-refractivity contribution in [1.82, 2.24) is 5.32 Å². The molecule has 0 heterocycles. The number of aromatic carboxylic acids is 1. The number of rotatable bonds is 5. The highest BCUT2D eigenvalue weighted by Crippen LogP contribution is 2.41. The Balaban J connectivity index is 1.95. The zero-order valence-corrected chi connectivity index (χ0v) is 15.0. The molecule has 2 atom stereocenters. The van der Waals surface area contributed by atoms with Crippen LogP contribution in [0.25, 0.3) is 11.1 Å². The van der Waals surface area contributed by atoms with Crippen LogP contribution in [-0.4, -0.2) is 23.5 Å². The molecule has 1 amide bonds. The Hall–Kier alpha value is -3.13. The van der Waals surface area contributed by atoms with Crippen molar-refractivity contribution in [2.75, 3.05) is 6.54 Å². The number of nitrogens with zero attached hydrogens (tertiary/aromatic N) is 1. The van der Waals surface area contributed by atoms with Gasteiger partial charge in [0.2, 0.25) is 5.91 Å². The zero-order valence-electron chi connectivity index (χ0n) is 15.0. The van der Waals surface area contributed by atoms with E-state index < -0.39 is 5.97 Å². The fraction of sp³-hybridized carbons (Fsp3) is 0.318. The second-order valence-corrected chi connectivity index (χ2v) is 6.84. The summed E-state index contributed by atoms with van der Waals surface area (Å²) in [5, 5.41) is 20.6. The Morgan fingerprint density at radius 2 is 1.78 bits per heavy atom. The fourth-order valence-electron chi connectivity index (χ4n) is 3.95. The number of nitriles is 1. The van der Waals surface area contributed by atoms with Crippen LogP contribution >= 0.6 is 0 Å². The molecule has 1 aliphatic carbocycles. The monoisotopic (exact) mass is 362 g/mol. The first-order valence-electron chi connectivity index (χ1n) is 9.19. The summed E-state index contributed by atoms with van der Waals surface area (Å²) in [4.78, 5) is 23.7. The van der Waals surface area contributed by atoms with Gasteiger partial charge in [-0.05, 0) is 47.6 Å². The number of amides is 1. The molecule has 0 aliphatic heterocycles. The average Bonchev–Trinajstić information content (AvgIpc) is 2.72. The molecule has 0 bridgehead atoms. The Morgan fingerprint density at radius 3 is 2.48 bits per heavy atom. The molecule has 27 heavy (non-hydrogen) atoms. The van der Waals surface area contributed by atoms with E-state index in [1.54, 1.807) is 12.1 Å². The maximum atomic E-state index is 12.6. The van der Waals surface area contributed by atoms with Crippen molar-refractivity contribution in [3.05, 3.63) is 59.7 Å². The first-order chi connectivity index (χ1) is 13.1. The lowest BCUT2D eigenvalue weighted by Gasteiger charge is -2.32. The summed E-state index contributed by atoms with van der Waals surface area (Å²) < 4.78 is 0. The minimum Gasteiger partial charge on any atom is -0.478 e. The summed E-state index contributed by atoms with van der Waals surface area (Å²) in [5.74, 6) is -1.06. The molecule has 0 radical (unpaired) electrons. The third kappa shape index (κ3) is 4.17. The summed E-state index contributed by atoms with van der Waals surface area (Å²) in [6.45, 7) is 0.0281. The molecule has 2 aromatic rings. The molecule has 3 rings (SSSR count). The SMILES string of the molecule is N#CCNC(=O)C1CCCCC1c1ccccc1-c1ccc(C(=O)O)cc1. The molecule has 5 heteroatoms. The predicted octanol–water partition coefficient (Wildman–Crippen LogP) is 3.97. The number of carbonyl (C=O) groups is 2. The van der Waals surface area contributed by atoms with Crippen LogP contribution in [-0.2, 0) is 4.79 Å². The van der Waals surface area contributed by atoms with Crippen molar-refractivity contribution in [3.8, 4) is 17.2 Å². The quantitative estimate of drug-likeness (QED) is 0.788. The summed E-state index contributed by atoms with van der Waals surface area (Å²) >= 11 is 0. The first kappa shape index (κ1) is 18.7. The van der Waals surface area contributed by atoms with E-state index >= 15 is 0 Å². The van der Waals surface area contributed by atoms with Gasteiger partial charge in [-0.2, -0.15) is 5.26 Å². The molecule has 0 spiro atoms. The van der Waals surface area contributed by atoms with Crippen LogP contribution in [0.5, 0.6) is 0 Å².